The van der Waals surface area contributed by atoms with E-state index in [-0.39, 0.29) is 18.6 Å². The third kappa shape index (κ3) is 6.05. The first kappa shape index (κ1) is 12.9. The molecular weight excluding hydrogens is 164 g/mol. The topological polar surface area (TPSA) is 40.5 Å². The first-order valence-electron chi connectivity index (χ1n) is 5.40. The Morgan fingerprint density at radius 1 is 0.923 bits per heavy atom. The zero-order valence-electron chi connectivity index (χ0n) is 9.05. The zero-order chi connectivity index (χ0) is 10.2. The van der Waals surface area contributed by atoms with Crippen molar-refractivity contribution >= 4 is 0 Å². The molecule has 0 aliphatic rings. The lowest BCUT2D eigenvalue weighted by Crippen LogP contribution is -2.25. The van der Waals surface area contributed by atoms with Crippen LogP contribution in [0.25, 0.3) is 0 Å². The van der Waals surface area contributed by atoms with Crippen LogP contribution in [0.3, 0.4) is 0 Å². The predicted molar refractivity (Wildman–Crippen MR) is 55.7 cm³/mol. The maximum Gasteiger partial charge on any atom is 0.0506 e. The largest absolute Gasteiger partial charge is 0.396 e. The van der Waals surface area contributed by atoms with Crippen molar-refractivity contribution in [1.29, 1.82) is 0 Å². The quantitative estimate of drug-likeness (QED) is 0.574. The Morgan fingerprint density at radius 2 is 1.46 bits per heavy atom. The van der Waals surface area contributed by atoms with E-state index < -0.39 is 0 Å². The summed E-state index contributed by atoms with van der Waals surface area (Å²) in [5.74, 6) is 0. The molecule has 0 aromatic rings. The monoisotopic (exact) mass is 188 g/mol. The van der Waals surface area contributed by atoms with Crippen molar-refractivity contribution in [2.75, 3.05) is 13.2 Å². The Balaban J connectivity index is 3.39. The number of unbranched alkanes of at least 4 members (excludes halogenated alkanes) is 4. The van der Waals surface area contributed by atoms with Gasteiger partial charge in [0.1, 0.15) is 0 Å². The lowest BCUT2D eigenvalue weighted by atomic mass is 9.86. The highest BCUT2D eigenvalue weighted by Crippen LogP contribution is 2.23. The maximum absolute atomic E-state index is 9.03. The molecular formula is C11H24O2. The van der Waals surface area contributed by atoms with Crippen LogP contribution in [0.15, 0.2) is 0 Å². The fourth-order valence-corrected chi connectivity index (χ4v) is 1.36. The van der Waals surface area contributed by atoms with Gasteiger partial charge in [0.25, 0.3) is 0 Å². The van der Waals surface area contributed by atoms with Crippen LogP contribution >= 0.6 is 0 Å². The molecule has 13 heavy (non-hydrogen) atoms. The summed E-state index contributed by atoms with van der Waals surface area (Å²) in [4.78, 5) is 0. The van der Waals surface area contributed by atoms with Crippen LogP contribution in [0.1, 0.15) is 52.4 Å². The maximum atomic E-state index is 9.03. The van der Waals surface area contributed by atoms with E-state index in [2.05, 4.69) is 6.92 Å². The molecule has 0 rings (SSSR count). The molecule has 0 saturated carbocycles. The van der Waals surface area contributed by atoms with Crippen LogP contribution < -0.4 is 0 Å². The van der Waals surface area contributed by atoms with Gasteiger partial charge in [0.05, 0.1) is 13.2 Å². The van der Waals surface area contributed by atoms with Crippen LogP contribution in [0.4, 0.5) is 0 Å². The smallest absolute Gasteiger partial charge is 0.0506 e. The minimum Gasteiger partial charge on any atom is -0.396 e. The fraction of sp³-hybridized carbons (Fsp3) is 1.00. The molecule has 2 heteroatoms. The van der Waals surface area contributed by atoms with Gasteiger partial charge in [0.15, 0.2) is 0 Å². The number of aliphatic hydroxyl groups is 2. The standard InChI is InChI=1S/C11H24O2/c1-3-4-5-6-7-8-11(2,9-12)10-13/h12-13H,3-10H2,1-2H3. The summed E-state index contributed by atoms with van der Waals surface area (Å²) in [7, 11) is 0. The molecule has 0 bridgehead atoms. The molecule has 0 spiro atoms. The average Bonchev–Trinajstić information content (AvgIpc) is 2.17. The minimum atomic E-state index is -0.258. The first-order chi connectivity index (χ1) is 6.18. The highest BCUT2D eigenvalue weighted by atomic mass is 16.3. The number of hydrogen-bond acceptors (Lipinski definition) is 2. The molecule has 0 saturated heterocycles. The van der Waals surface area contributed by atoms with Crippen LogP contribution in [0.5, 0.6) is 0 Å². The van der Waals surface area contributed by atoms with Crippen molar-refractivity contribution in [3.63, 3.8) is 0 Å². The SMILES string of the molecule is CCCCCCCC(C)(CO)CO. The van der Waals surface area contributed by atoms with Crippen molar-refractivity contribution < 1.29 is 10.2 Å². The van der Waals surface area contributed by atoms with E-state index in [4.69, 9.17) is 10.2 Å². The van der Waals surface area contributed by atoms with Gasteiger partial charge in [-0.1, -0.05) is 46.0 Å². The summed E-state index contributed by atoms with van der Waals surface area (Å²) >= 11 is 0. The molecule has 0 fully saturated rings. The van der Waals surface area contributed by atoms with Crippen molar-refractivity contribution in [3.8, 4) is 0 Å². The normalized spacial score (nSPS) is 12.0. The second kappa shape index (κ2) is 7.34. The van der Waals surface area contributed by atoms with Crippen molar-refractivity contribution in [2.24, 2.45) is 5.41 Å². The van der Waals surface area contributed by atoms with E-state index in [9.17, 15) is 0 Å². The molecule has 0 amide bonds. The Morgan fingerprint density at radius 3 is 1.92 bits per heavy atom. The van der Waals surface area contributed by atoms with Gasteiger partial charge in [0.2, 0.25) is 0 Å². The second-order valence-corrected chi connectivity index (χ2v) is 4.29. The number of aliphatic hydroxyl groups excluding tert-OH is 2. The summed E-state index contributed by atoms with van der Waals surface area (Å²) in [6.07, 6.45) is 7.13. The molecule has 0 atom stereocenters. The third-order valence-electron chi connectivity index (χ3n) is 2.65. The van der Waals surface area contributed by atoms with Gasteiger partial charge in [-0.15, -0.1) is 0 Å². The minimum absolute atomic E-state index is 0.0945. The fourth-order valence-electron chi connectivity index (χ4n) is 1.36. The average molecular weight is 188 g/mol. The molecule has 0 aliphatic carbocycles. The summed E-state index contributed by atoms with van der Waals surface area (Å²) in [6.45, 7) is 4.33. The molecule has 0 radical (unpaired) electrons. The van der Waals surface area contributed by atoms with Gasteiger partial charge >= 0.3 is 0 Å². The molecule has 80 valence electrons. The van der Waals surface area contributed by atoms with Gasteiger partial charge < -0.3 is 10.2 Å². The van der Waals surface area contributed by atoms with Crippen molar-refractivity contribution in [3.05, 3.63) is 0 Å². The van der Waals surface area contributed by atoms with Crippen molar-refractivity contribution in [1.82, 2.24) is 0 Å². The van der Waals surface area contributed by atoms with Crippen molar-refractivity contribution in [2.45, 2.75) is 52.4 Å². The number of rotatable bonds is 8. The summed E-state index contributed by atoms with van der Waals surface area (Å²) < 4.78 is 0. The molecule has 2 N–H and O–H groups in total. The van der Waals surface area contributed by atoms with E-state index in [0.29, 0.717) is 0 Å². The highest BCUT2D eigenvalue weighted by Gasteiger charge is 2.21. The number of hydrogen-bond donors (Lipinski definition) is 2. The summed E-state index contributed by atoms with van der Waals surface area (Å²) in [5.41, 5.74) is -0.258. The highest BCUT2D eigenvalue weighted by molar-refractivity contribution is 4.71. The molecule has 0 unspecified atom stereocenters. The molecule has 0 aromatic carbocycles. The van der Waals surface area contributed by atoms with Gasteiger partial charge in [0, 0.05) is 5.41 Å². The van der Waals surface area contributed by atoms with Gasteiger partial charge in [-0.25, -0.2) is 0 Å². The predicted octanol–water partition coefficient (Wildman–Crippen LogP) is 2.34. The van der Waals surface area contributed by atoms with Crippen LogP contribution in [0.2, 0.25) is 0 Å². The van der Waals surface area contributed by atoms with Gasteiger partial charge in [-0.3, -0.25) is 0 Å². The summed E-state index contributed by atoms with van der Waals surface area (Å²) in [6, 6.07) is 0. The third-order valence-corrected chi connectivity index (χ3v) is 2.65. The first-order valence-corrected chi connectivity index (χ1v) is 5.40. The Kier molecular flexibility index (Phi) is 7.29. The van der Waals surface area contributed by atoms with Gasteiger partial charge in [-0.05, 0) is 6.42 Å². The zero-order valence-corrected chi connectivity index (χ0v) is 9.05. The lowest BCUT2D eigenvalue weighted by Gasteiger charge is -2.24. The summed E-state index contributed by atoms with van der Waals surface area (Å²) in [5, 5.41) is 18.1. The second-order valence-electron chi connectivity index (χ2n) is 4.29. The molecule has 2 nitrogen and oxygen atoms in total. The van der Waals surface area contributed by atoms with E-state index >= 15 is 0 Å². The molecule has 0 aliphatic heterocycles. The Labute approximate surface area is 82.0 Å². The van der Waals surface area contributed by atoms with Gasteiger partial charge in [-0.2, -0.15) is 0 Å². The Bertz CT molecular complexity index is 109. The van der Waals surface area contributed by atoms with Crippen LogP contribution in [0, 0.1) is 5.41 Å². The molecule has 0 heterocycles. The van der Waals surface area contributed by atoms with E-state index in [1.54, 1.807) is 0 Å². The van der Waals surface area contributed by atoms with Crippen LogP contribution in [-0.4, -0.2) is 23.4 Å². The Hall–Kier alpha value is -0.0800. The van der Waals surface area contributed by atoms with E-state index in [0.717, 1.165) is 12.8 Å². The van der Waals surface area contributed by atoms with E-state index in [1.165, 1.54) is 25.7 Å². The molecule has 0 aromatic heterocycles. The van der Waals surface area contributed by atoms with E-state index in [1.807, 2.05) is 6.92 Å². The lowest BCUT2D eigenvalue weighted by molar-refractivity contribution is 0.0605. The van der Waals surface area contributed by atoms with Crippen LogP contribution in [-0.2, 0) is 0 Å².